The van der Waals surface area contributed by atoms with Crippen molar-refractivity contribution in [2.45, 2.75) is 26.6 Å². The largest absolute Gasteiger partial charge is 0.272 e. The first kappa shape index (κ1) is 9.27. The lowest BCUT2D eigenvalue weighted by Crippen LogP contribution is -2.15. The first-order valence-electron chi connectivity index (χ1n) is 3.10. The van der Waals surface area contributed by atoms with Gasteiger partial charge in [-0.1, -0.05) is 0 Å². The third-order valence-electron chi connectivity index (χ3n) is 0.593. The summed E-state index contributed by atoms with van der Waals surface area (Å²) in [6.45, 7) is 7.54. The molecule has 1 amide bonds. The molecule has 3 nitrogen and oxygen atoms in total. The van der Waals surface area contributed by atoms with Crippen molar-refractivity contribution >= 4 is 20.2 Å². The van der Waals surface area contributed by atoms with Crippen LogP contribution >= 0.6 is 0 Å². The molecular weight excluding hydrogens is 144 g/mol. The molecule has 0 aromatic carbocycles. The Bertz CT molecular complexity index is 186. The van der Waals surface area contributed by atoms with Gasteiger partial charge in [-0.25, -0.2) is 0 Å². The molecule has 0 saturated carbocycles. The Hall–Kier alpha value is -0.733. The second-order valence-electron chi connectivity index (χ2n) is 3.01. The Morgan fingerprint density at radius 1 is 1.40 bits per heavy atom. The number of rotatable bonds is 1. The number of carbonyl (C=O) groups excluding carboxylic acids is 1. The summed E-state index contributed by atoms with van der Waals surface area (Å²) in [7, 11) is -1.46. The molecule has 0 unspecified atom stereocenters. The molecule has 0 saturated heterocycles. The minimum Gasteiger partial charge on any atom is -0.272 e. The number of hydrogen-bond donors (Lipinski definition) is 0. The molecule has 0 atom stereocenters. The predicted octanol–water partition coefficient (Wildman–Crippen LogP) is 1.54. The molecule has 0 aliphatic rings. The molecule has 0 N–H and O–H groups in total. The van der Waals surface area contributed by atoms with Gasteiger partial charge in [0.25, 0.3) is 5.91 Å². The van der Waals surface area contributed by atoms with Crippen LogP contribution in [0.15, 0.2) is 9.65 Å². The van der Waals surface area contributed by atoms with E-state index in [1.54, 1.807) is 0 Å². The minimum atomic E-state index is -1.46. The molecule has 56 valence electrons. The smallest absolute Gasteiger partial charge is 0.251 e. The highest BCUT2D eigenvalue weighted by Crippen LogP contribution is 1.98. The van der Waals surface area contributed by atoms with Crippen LogP contribution in [0, 0.1) is 0 Å². The van der Waals surface area contributed by atoms with Gasteiger partial charge < -0.3 is 0 Å². The maximum Gasteiger partial charge on any atom is 0.251 e. The van der Waals surface area contributed by atoms with Crippen molar-refractivity contribution in [2.75, 3.05) is 0 Å². The Morgan fingerprint density at radius 3 is 2.20 bits per heavy atom. The highest BCUT2D eigenvalue weighted by Gasteiger charge is 2.09. The van der Waals surface area contributed by atoms with Gasteiger partial charge in [-0.3, -0.25) is 9.45 Å². The van der Waals surface area contributed by atoms with Crippen molar-refractivity contribution in [3.05, 3.63) is 0 Å². The normalized spacial score (nSPS) is 10.0. The summed E-state index contributed by atoms with van der Waals surface area (Å²) in [5.41, 5.74) is 0. The van der Waals surface area contributed by atoms with Crippen LogP contribution in [0.25, 0.3) is 0 Å². The molecule has 0 heterocycles. The molecule has 0 spiro atoms. The van der Waals surface area contributed by atoms with Gasteiger partial charge in [0.1, 0.15) is 0 Å². The minimum absolute atomic E-state index is 0.248. The Kier molecular flexibility index (Phi) is 3.19. The van der Waals surface area contributed by atoms with Gasteiger partial charge in [0.15, 0.2) is 8.24 Å². The molecule has 0 aromatic rings. The van der Waals surface area contributed by atoms with E-state index in [2.05, 4.69) is 35.3 Å². The number of nitrogens with zero attached hydrogens (tertiary/aromatic N) is 2. The molecule has 0 aromatic heterocycles. The van der Waals surface area contributed by atoms with Gasteiger partial charge in [-0.15, -0.1) is 0 Å². The zero-order valence-corrected chi connectivity index (χ0v) is 7.80. The van der Waals surface area contributed by atoms with Crippen LogP contribution in [0.3, 0.4) is 0 Å². The SMILES string of the molecule is CC(=O)N=C=N[Si](C)(C)C. The average molecular weight is 156 g/mol. The Labute approximate surface area is 62.0 Å². The summed E-state index contributed by atoms with van der Waals surface area (Å²) in [5, 5.41) is 0. The third-order valence-corrected chi connectivity index (χ3v) is 1.36. The molecule has 0 aliphatic heterocycles. The second-order valence-corrected chi connectivity index (χ2v) is 7.58. The van der Waals surface area contributed by atoms with E-state index in [0.29, 0.717) is 0 Å². The van der Waals surface area contributed by atoms with Gasteiger partial charge >= 0.3 is 0 Å². The van der Waals surface area contributed by atoms with Gasteiger partial charge in [-0.05, 0) is 19.6 Å². The molecular formula is C6H12N2OSi. The zero-order valence-electron chi connectivity index (χ0n) is 6.80. The number of aliphatic imine (C=N–C) groups is 1. The Morgan fingerprint density at radius 2 is 1.90 bits per heavy atom. The predicted molar refractivity (Wildman–Crippen MR) is 43.9 cm³/mol. The van der Waals surface area contributed by atoms with Crippen molar-refractivity contribution in [1.29, 1.82) is 0 Å². The molecule has 0 fully saturated rings. The molecule has 0 radical (unpaired) electrons. The standard InChI is InChI=1S/C6H12N2OSi/c1-6(9)7-5-8-10(2,3)4/h1-4H3. The van der Waals surface area contributed by atoms with Crippen LogP contribution in [0.5, 0.6) is 0 Å². The van der Waals surface area contributed by atoms with Crippen molar-refractivity contribution in [3.8, 4) is 0 Å². The fourth-order valence-electron chi connectivity index (χ4n) is 0.245. The van der Waals surface area contributed by atoms with E-state index in [1.165, 1.54) is 6.92 Å². The lowest BCUT2D eigenvalue weighted by molar-refractivity contribution is -0.115. The van der Waals surface area contributed by atoms with Crippen molar-refractivity contribution in [3.63, 3.8) is 0 Å². The molecule has 0 rings (SSSR count). The molecule has 0 aliphatic carbocycles. The fourth-order valence-corrected chi connectivity index (χ4v) is 0.595. The summed E-state index contributed by atoms with van der Waals surface area (Å²) < 4.78 is 4.00. The molecule has 0 bridgehead atoms. The van der Waals surface area contributed by atoms with E-state index in [-0.39, 0.29) is 5.91 Å². The average Bonchev–Trinajstić information content (AvgIpc) is 1.59. The van der Waals surface area contributed by atoms with Crippen LogP contribution in [0.1, 0.15) is 6.92 Å². The van der Waals surface area contributed by atoms with Crippen molar-refractivity contribution < 1.29 is 4.79 Å². The van der Waals surface area contributed by atoms with Crippen molar-refractivity contribution in [1.82, 2.24) is 0 Å². The van der Waals surface area contributed by atoms with E-state index in [4.69, 9.17) is 0 Å². The molecule has 10 heavy (non-hydrogen) atoms. The Balaban J connectivity index is 4.12. The van der Waals surface area contributed by atoms with E-state index in [1.807, 2.05) is 0 Å². The fraction of sp³-hybridized carbons (Fsp3) is 0.667. The monoisotopic (exact) mass is 156 g/mol. The van der Waals surface area contributed by atoms with Gasteiger partial charge in [0.05, 0.1) is 6.01 Å². The van der Waals surface area contributed by atoms with Gasteiger partial charge in [-0.2, -0.15) is 4.99 Å². The maximum absolute atomic E-state index is 10.3. The summed E-state index contributed by atoms with van der Waals surface area (Å²) in [6, 6.07) is 2.39. The molecule has 4 heteroatoms. The van der Waals surface area contributed by atoms with E-state index in [9.17, 15) is 4.79 Å². The lowest BCUT2D eigenvalue weighted by Gasteiger charge is -2.02. The van der Waals surface area contributed by atoms with Crippen LogP contribution in [-0.4, -0.2) is 20.2 Å². The summed E-state index contributed by atoms with van der Waals surface area (Å²) >= 11 is 0. The first-order valence-corrected chi connectivity index (χ1v) is 6.55. The van der Waals surface area contributed by atoms with E-state index >= 15 is 0 Å². The van der Waals surface area contributed by atoms with E-state index in [0.717, 1.165) is 0 Å². The topological polar surface area (TPSA) is 41.8 Å². The quantitative estimate of drug-likeness (QED) is 0.419. The summed E-state index contributed by atoms with van der Waals surface area (Å²) in [4.78, 5) is 13.6. The van der Waals surface area contributed by atoms with Crippen LogP contribution in [0.2, 0.25) is 19.6 Å². The van der Waals surface area contributed by atoms with Gasteiger partial charge in [0.2, 0.25) is 0 Å². The van der Waals surface area contributed by atoms with E-state index < -0.39 is 8.24 Å². The second kappa shape index (κ2) is 3.44. The lowest BCUT2D eigenvalue weighted by atomic mass is 10.8. The number of amides is 1. The van der Waals surface area contributed by atoms with Crippen molar-refractivity contribution in [2.24, 2.45) is 9.65 Å². The highest BCUT2D eigenvalue weighted by atomic mass is 28.3. The number of carbonyl (C=O) groups is 1. The maximum atomic E-state index is 10.3. The van der Waals surface area contributed by atoms with Crippen LogP contribution < -0.4 is 0 Å². The van der Waals surface area contributed by atoms with Crippen LogP contribution in [0.4, 0.5) is 0 Å². The van der Waals surface area contributed by atoms with Crippen LogP contribution in [-0.2, 0) is 4.79 Å². The first-order chi connectivity index (χ1) is 4.42. The highest BCUT2D eigenvalue weighted by molar-refractivity contribution is 6.75. The van der Waals surface area contributed by atoms with Gasteiger partial charge in [0, 0.05) is 6.92 Å². The number of hydrogen-bond acceptors (Lipinski definition) is 2. The summed E-state index contributed by atoms with van der Waals surface area (Å²) in [6.07, 6.45) is 0. The summed E-state index contributed by atoms with van der Waals surface area (Å²) in [5.74, 6) is -0.248. The third kappa shape index (κ3) is 7.27. The zero-order chi connectivity index (χ0) is 8.20.